The molecule has 1 aliphatic heterocycles. The first-order valence-electron chi connectivity index (χ1n) is 7.09. The zero-order valence-electron chi connectivity index (χ0n) is 12.4. The smallest absolute Gasteiger partial charge is 0.167 e. The third-order valence-electron chi connectivity index (χ3n) is 3.75. The van der Waals surface area contributed by atoms with E-state index in [4.69, 9.17) is 11.2 Å². The van der Waals surface area contributed by atoms with Crippen molar-refractivity contribution in [2.24, 2.45) is 0 Å². The summed E-state index contributed by atoms with van der Waals surface area (Å²) in [7, 11) is 0. The first-order chi connectivity index (χ1) is 11.1. The molecule has 0 spiro atoms. The Balaban J connectivity index is 1.98. The Morgan fingerprint density at radius 3 is 2.83 bits per heavy atom. The highest BCUT2D eigenvalue weighted by Crippen LogP contribution is 2.32. The number of terminal acetylenes is 1. The lowest BCUT2D eigenvalue weighted by molar-refractivity contribution is -0.0511. The van der Waals surface area contributed by atoms with Gasteiger partial charge in [-0.15, -0.1) is 6.42 Å². The van der Waals surface area contributed by atoms with E-state index in [1.165, 1.54) is 17.2 Å². The average Bonchev–Trinajstić information content (AvgIpc) is 3.10. The van der Waals surface area contributed by atoms with Crippen molar-refractivity contribution in [1.82, 2.24) is 19.5 Å². The van der Waals surface area contributed by atoms with E-state index in [1.807, 2.05) is 0 Å². The summed E-state index contributed by atoms with van der Waals surface area (Å²) in [5, 5.41) is 32.2. The topological polar surface area (TPSA) is 126 Å². The van der Waals surface area contributed by atoms with Gasteiger partial charge >= 0.3 is 0 Å². The Bertz CT molecular complexity index is 742. The number of aliphatic hydroxyl groups is 3. The molecule has 0 amide bonds. The normalized spacial score (nSPS) is 28.7. The lowest BCUT2D eigenvalue weighted by Crippen LogP contribution is -2.33. The fraction of sp³-hybridized carbons (Fsp3) is 0.500. The number of nitrogens with zero attached hydrogens (tertiary/aromatic N) is 4. The molecule has 1 unspecified atom stereocenters. The third-order valence-corrected chi connectivity index (χ3v) is 3.75. The molecule has 5 atom stereocenters. The van der Waals surface area contributed by atoms with Crippen LogP contribution >= 0.6 is 0 Å². The first-order valence-corrected chi connectivity index (χ1v) is 7.09. The van der Waals surface area contributed by atoms with Gasteiger partial charge in [0.1, 0.15) is 24.6 Å². The molecule has 2 aromatic heterocycles. The molecule has 1 saturated heterocycles. The van der Waals surface area contributed by atoms with Crippen LogP contribution in [-0.4, -0.2) is 65.8 Å². The maximum absolute atomic E-state index is 10.1. The molecule has 2 aromatic rings. The minimum Gasteiger partial charge on any atom is -0.394 e. The molecular formula is C14H17N5O4. The molecule has 122 valence electrons. The Morgan fingerprint density at radius 1 is 1.39 bits per heavy atom. The van der Waals surface area contributed by atoms with Crippen LogP contribution in [0.4, 0.5) is 5.82 Å². The summed E-state index contributed by atoms with van der Waals surface area (Å²) in [6, 6.07) is -0.243. The van der Waals surface area contributed by atoms with Crippen LogP contribution in [0.3, 0.4) is 0 Å². The zero-order valence-corrected chi connectivity index (χ0v) is 12.4. The summed E-state index contributed by atoms with van der Waals surface area (Å²) >= 11 is 0. The summed E-state index contributed by atoms with van der Waals surface area (Å²) in [4.78, 5) is 12.5. The Morgan fingerprint density at radius 2 is 2.17 bits per heavy atom. The molecule has 0 saturated carbocycles. The molecule has 23 heavy (non-hydrogen) atoms. The summed E-state index contributed by atoms with van der Waals surface area (Å²) < 4.78 is 6.98. The fourth-order valence-electron chi connectivity index (χ4n) is 2.50. The molecule has 0 aromatic carbocycles. The SMILES string of the molecule is C#CC(C)Nc1ncnc2c1ncn2[C@@H]1O[C@H](CO)[C@@H](O)[C@H]1O. The van der Waals surface area contributed by atoms with Crippen molar-refractivity contribution in [3.05, 3.63) is 12.7 Å². The van der Waals surface area contributed by atoms with Crippen molar-refractivity contribution >= 4 is 17.0 Å². The number of aromatic nitrogens is 4. The number of fused-ring (bicyclic) bond motifs is 1. The Labute approximate surface area is 132 Å². The van der Waals surface area contributed by atoms with Crippen molar-refractivity contribution in [1.29, 1.82) is 0 Å². The van der Waals surface area contributed by atoms with Crippen LogP contribution in [0.15, 0.2) is 12.7 Å². The van der Waals surface area contributed by atoms with E-state index < -0.39 is 31.1 Å². The summed E-state index contributed by atoms with van der Waals surface area (Å²) in [6.07, 6.45) is 3.95. The maximum Gasteiger partial charge on any atom is 0.167 e. The Hall–Kier alpha value is -2.25. The summed E-state index contributed by atoms with van der Waals surface area (Å²) in [5.41, 5.74) is 0.883. The van der Waals surface area contributed by atoms with Gasteiger partial charge in [0.25, 0.3) is 0 Å². The van der Waals surface area contributed by atoms with E-state index in [-0.39, 0.29) is 6.04 Å². The minimum atomic E-state index is -1.21. The zero-order chi connectivity index (χ0) is 16.6. The average molecular weight is 319 g/mol. The molecule has 0 aliphatic carbocycles. The second-order valence-electron chi connectivity index (χ2n) is 5.31. The van der Waals surface area contributed by atoms with Crippen LogP contribution < -0.4 is 5.32 Å². The van der Waals surface area contributed by atoms with Gasteiger partial charge in [0, 0.05) is 0 Å². The standard InChI is InChI=1S/C14H17N5O4/c1-3-7(2)18-12-9-13(16-5-15-12)19(6-17-9)14-11(22)10(21)8(4-20)23-14/h1,5-8,10-11,14,20-22H,4H2,2H3,(H,15,16,18)/t7?,8-,10-,11-,14-/m1/s1. The monoisotopic (exact) mass is 319 g/mol. The second-order valence-corrected chi connectivity index (χ2v) is 5.31. The van der Waals surface area contributed by atoms with Crippen LogP contribution in [0.2, 0.25) is 0 Å². The van der Waals surface area contributed by atoms with E-state index in [0.29, 0.717) is 17.0 Å². The maximum atomic E-state index is 10.1. The van der Waals surface area contributed by atoms with Crippen molar-refractivity contribution < 1.29 is 20.1 Å². The number of ether oxygens (including phenoxy) is 1. The van der Waals surface area contributed by atoms with Gasteiger partial charge in [-0.05, 0) is 6.92 Å². The first kappa shape index (κ1) is 15.6. The van der Waals surface area contributed by atoms with E-state index in [9.17, 15) is 15.3 Å². The van der Waals surface area contributed by atoms with Gasteiger partial charge in [0.2, 0.25) is 0 Å². The summed E-state index contributed by atoms with van der Waals surface area (Å²) in [6.45, 7) is 1.40. The molecule has 3 rings (SSSR count). The third kappa shape index (κ3) is 2.62. The van der Waals surface area contributed by atoms with Gasteiger partial charge in [-0.1, -0.05) is 5.92 Å². The number of hydrogen-bond acceptors (Lipinski definition) is 8. The summed E-state index contributed by atoms with van der Waals surface area (Å²) in [5.74, 6) is 3.00. The van der Waals surface area contributed by atoms with Crippen molar-refractivity contribution in [2.75, 3.05) is 11.9 Å². The molecule has 0 bridgehead atoms. The van der Waals surface area contributed by atoms with Gasteiger partial charge < -0.3 is 25.4 Å². The number of nitrogens with one attached hydrogen (secondary N) is 1. The van der Waals surface area contributed by atoms with Crippen LogP contribution in [0, 0.1) is 12.3 Å². The fourth-order valence-corrected chi connectivity index (χ4v) is 2.50. The minimum absolute atomic E-state index is 0.243. The van der Waals surface area contributed by atoms with Crippen molar-refractivity contribution in [3.8, 4) is 12.3 Å². The number of rotatable bonds is 4. The highest BCUT2D eigenvalue weighted by Gasteiger charge is 2.44. The molecule has 0 radical (unpaired) electrons. The van der Waals surface area contributed by atoms with Crippen LogP contribution in [-0.2, 0) is 4.74 Å². The van der Waals surface area contributed by atoms with E-state index in [2.05, 4.69) is 26.2 Å². The Kier molecular flexibility index (Phi) is 4.14. The second kappa shape index (κ2) is 6.10. The van der Waals surface area contributed by atoms with Crippen molar-refractivity contribution in [3.63, 3.8) is 0 Å². The van der Waals surface area contributed by atoms with E-state index in [1.54, 1.807) is 6.92 Å². The largest absolute Gasteiger partial charge is 0.394 e. The quantitative estimate of drug-likeness (QED) is 0.522. The van der Waals surface area contributed by atoms with E-state index >= 15 is 0 Å². The highest BCUT2D eigenvalue weighted by atomic mass is 16.6. The van der Waals surface area contributed by atoms with Gasteiger partial charge in [0.15, 0.2) is 23.2 Å². The van der Waals surface area contributed by atoms with Gasteiger partial charge in [-0.25, -0.2) is 15.0 Å². The molecule has 4 N–H and O–H groups in total. The predicted octanol–water partition coefficient (Wildman–Crippen LogP) is -1.13. The molecule has 9 nitrogen and oxygen atoms in total. The number of imidazole rings is 1. The van der Waals surface area contributed by atoms with Crippen molar-refractivity contribution in [2.45, 2.75) is 37.5 Å². The highest BCUT2D eigenvalue weighted by molar-refractivity contribution is 5.83. The predicted molar refractivity (Wildman–Crippen MR) is 80.3 cm³/mol. The van der Waals surface area contributed by atoms with Gasteiger partial charge in [-0.2, -0.15) is 0 Å². The van der Waals surface area contributed by atoms with Gasteiger partial charge in [0.05, 0.1) is 19.0 Å². The van der Waals surface area contributed by atoms with Crippen LogP contribution in [0.25, 0.3) is 11.2 Å². The van der Waals surface area contributed by atoms with Gasteiger partial charge in [-0.3, -0.25) is 4.57 Å². The molecule has 1 aliphatic rings. The lowest BCUT2D eigenvalue weighted by atomic mass is 10.1. The molecule has 9 heteroatoms. The van der Waals surface area contributed by atoms with Crippen LogP contribution in [0.1, 0.15) is 13.2 Å². The number of anilines is 1. The molecule has 1 fully saturated rings. The number of aliphatic hydroxyl groups excluding tert-OH is 3. The molecule has 3 heterocycles. The van der Waals surface area contributed by atoms with Crippen LogP contribution in [0.5, 0.6) is 0 Å². The molecular weight excluding hydrogens is 302 g/mol. The lowest BCUT2D eigenvalue weighted by Gasteiger charge is -2.16. The number of hydrogen-bond donors (Lipinski definition) is 4. The van der Waals surface area contributed by atoms with E-state index in [0.717, 1.165) is 0 Å².